The van der Waals surface area contributed by atoms with Crippen LogP contribution >= 0.6 is 11.3 Å². The van der Waals surface area contributed by atoms with Gasteiger partial charge in [0.25, 0.3) is 11.8 Å². The maximum Gasteiger partial charge on any atom is 0.264 e. The lowest BCUT2D eigenvalue weighted by molar-refractivity contribution is 0.0703. The van der Waals surface area contributed by atoms with Crippen LogP contribution in [-0.2, 0) is 7.05 Å². The van der Waals surface area contributed by atoms with Gasteiger partial charge in [-0.2, -0.15) is 5.10 Å². The summed E-state index contributed by atoms with van der Waals surface area (Å²) in [4.78, 5) is 28.8. The fourth-order valence-corrected chi connectivity index (χ4v) is 4.64. The molecule has 0 aliphatic carbocycles. The number of fused-ring (bicyclic) bond motifs is 1. The minimum Gasteiger partial charge on any atom is -0.349 e. The smallest absolute Gasteiger partial charge is 0.264 e. The Hall–Kier alpha value is -2.67. The highest BCUT2D eigenvalue weighted by molar-refractivity contribution is 7.20. The van der Waals surface area contributed by atoms with Crippen LogP contribution in [0.1, 0.15) is 38.6 Å². The summed E-state index contributed by atoms with van der Waals surface area (Å²) in [5.41, 5.74) is 1.62. The van der Waals surface area contributed by atoms with E-state index in [9.17, 15) is 9.59 Å². The standard InChI is InChI=1S/C20H22N4O2S/c1-13-16-12-17(27-20(16)23(2)22-13)19(26)24-10-8-15(9-11-24)21-18(25)14-6-4-3-5-7-14/h3-7,12,15H,8-11H2,1-2H3,(H,21,25). The molecule has 140 valence electrons. The zero-order chi connectivity index (χ0) is 19.0. The number of aromatic nitrogens is 2. The summed E-state index contributed by atoms with van der Waals surface area (Å²) in [6.07, 6.45) is 1.55. The number of hydrogen-bond acceptors (Lipinski definition) is 4. The van der Waals surface area contributed by atoms with Gasteiger partial charge in [0.1, 0.15) is 4.83 Å². The Morgan fingerprint density at radius 3 is 2.56 bits per heavy atom. The van der Waals surface area contributed by atoms with Gasteiger partial charge in [-0.05, 0) is 38.0 Å². The summed E-state index contributed by atoms with van der Waals surface area (Å²) in [6, 6.07) is 11.3. The number of carbonyl (C=O) groups is 2. The molecule has 1 saturated heterocycles. The molecular formula is C20H22N4O2S. The molecule has 1 aliphatic heterocycles. The van der Waals surface area contributed by atoms with E-state index >= 15 is 0 Å². The van der Waals surface area contributed by atoms with E-state index in [1.807, 2.05) is 60.0 Å². The van der Waals surface area contributed by atoms with Gasteiger partial charge in [-0.25, -0.2) is 0 Å². The Morgan fingerprint density at radius 2 is 1.89 bits per heavy atom. The first-order chi connectivity index (χ1) is 13.0. The molecule has 2 aromatic heterocycles. The van der Waals surface area contributed by atoms with Crippen LogP contribution in [0.3, 0.4) is 0 Å². The molecule has 0 atom stereocenters. The van der Waals surface area contributed by atoms with Crippen molar-refractivity contribution in [2.75, 3.05) is 13.1 Å². The zero-order valence-electron chi connectivity index (χ0n) is 15.4. The summed E-state index contributed by atoms with van der Waals surface area (Å²) >= 11 is 1.49. The first-order valence-corrected chi connectivity index (χ1v) is 9.93. The molecule has 0 bridgehead atoms. The number of carbonyl (C=O) groups excluding carboxylic acids is 2. The average Bonchev–Trinajstić information content (AvgIpc) is 3.24. The van der Waals surface area contributed by atoms with Crippen LogP contribution in [-0.4, -0.2) is 45.6 Å². The molecule has 3 aromatic rings. The van der Waals surface area contributed by atoms with Crippen molar-refractivity contribution >= 4 is 33.4 Å². The van der Waals surface area contributed by atoms with Crippen molar-refractivity contribution in [2.45, 2.75) is 25.8 Å². The average molecular weight is 382 g/mol. The lowest BCUT2D eigenvalue weighted by Gasteiger charge is -2.32. The molecule has 4 rings (SSSR count). The second-order valence-electron chi connectivity index (χ2n) is 6.94. The van der Waals surface area contributed by atoms with Gasteiger partial charge >= 0.3 is 0 Å². The molecule has 3 heterocycles. The molecule has 0 unspecified atom stereocenters. The summed E-state index contributed by atoms with van der Waals surface area (Å²) in [5, 5.41) is 8.52. The number of likely N-dealkylation sites (tertiary alicyclic amines) is 1. The van der Waals surface area contributed by atoms with E-state index in [0.29, 0.717) is 18.7 Å². The lowest BCUT2D eigenvalue weighted by atomic mass is 10.0. The highest BCUT2D eigenvalue weighted by Crippen LogP contribution is 2.29. The Bertz CT molecular complexity index is 950. The van der Waals surface area contributed by atoms with Crippen molar-refractivity contribution in [1.29, 1.82) is 0 Å². The van der Waals surface area contributed by atoms with E-state index in [1.165, 1.54) is 11.3 Å². The van der Waals surface area contributed by atoms with Crippen molar-refractivity contribution in [3.05, 3.63) is 52.5 Å². The van der Waals surface area contributed by atoms with Gasteiger partial charge in [0, 0.05) is 37.1 Å². The second-order valence-corrected chi connectivity index (χ2v) is 7.98. The van der Waals surface area contributed by atoms with Crippen LogP contribution in [0.2, 0.25) is 0 Å². The molecule has 0 radical (unpaired) electrons. The molecule has 1 fully saturated rings. The molecular weight excluding hydrogens is 360 g/mol. The van der Waals surface area contributed by atoms with E-state index in [-0.39, 0.29) is 17.9 Å². The number of piperidine rings is 1. The van der Waals surface area contributed by atoms with Gasteiger partial charge < -0.3 is 10.2 Å². The van der Waals surface area contributed by atoms with Gasteiger partial charge in [0.2, 0.25) is 0 Å². The predicted octanol–water partition coefficient (Wildman–Crippen LogP) is 2.98. The molecule has 1 aliphatic rings. The first-order valence-electron chi connectivity index (χ1n) is 9.11. The monoisotopic (exact) mass is 382 g/mol. The molecule has 0 spiro atoms. The maximum atomic E-state index is 12.9. The minimum absolute atomic E-state index is 0.0483. The largest absolute Gasteiger partial charge is 0.349 e. The van der Waals surface area contributed by atoms with Crippen LogP contribution in [0.5, 0.6) is 0 Å². The van der Waals surface area contributed by atoms with Gasteiger partial charge in [-0.15, -0.1) is 11.3 Å². The normalized spacial score (nSPS) is 15.3. The van der Waals surface area contributed by atoms with Crippen LogP contribution in [0.25, 0.3) is 10.2 Å². The molecule has 2 amide bonds. The quantitative estimate of drug-likeness (QED) is 0.757. The van der Waals surface area contributed by atoms with Gasteiger partial charge in [-0.3, -0.25) is 14.3 Å². The van der Waals surface area contributed by atoms with E-state index < -0.39 is 0 Å². The van der Waals surface area contributed by atoms with E-state index in [1.54, 1.807) is 0 Å². The van der Waals surface area contributed by atoms with Crippen molar-refractivity contribution < 1.29 is 9.59 Å². The fourth-order valence-electron chi connectivity index (χ4n) is 3.55. The van der Waals surface area contributed by atoms with Gasteiger partial charge in [-0.1, -0.05) is 18.2 Å². The highest BCUT2D eigenvalue weighted by atomic mass is 32.1. The molecule has 7 heteroatoms. The van der Waals surface area contributed by atoms with E-state index in [4.69, 9.17) is 0 Å². The van der Waals surface area contributed by atoms with Crippen LogP contribution in [0.4, 0.5) is 0 Å². The number of amides is 2. The fraction of sp³-hybridized carbons (Fsp3) is 0.350. The zero-order valence-corrected chi connectivity index (χ0v) is 16.3. The van der Waals surface area contributed by atoms with Gasteiger partial charge in [0.15, 0.2) is 0 Å². The Balaban J connectivity index is 1.37. The third-order valence-electron chi connectivity index (χ3n) is 5.06. The lowest BCUT2D eigenvalue weighted by Crippen LogP contribution is -2.46. The summed E-state index contributed by atoms with van der Waals surface area (Å²) < 4.78 is 1.83. The Labute approximate surface area is 161 Å². The van der Waals surface area contributed by atoms with E-state index in [0.717, 1.165) is 33.6 Å². The number of aryl methyl sites for hydroxylation is 2. The van der Waals surface area contributed by atoms with Crippen molar-refractivity contribution in [2.24, 2.45) is 7.05 Å². The molecule has 6 nitrogen and oxygen atoms in total. The molecule has 0 saturated carbocycles. The summed E-state index contributed by atoms with van der Waals surface area (Å²) in [6.45, 7) is 3.28. The molecule has 1 aromatic carbocycles. The van der Waals surface area contributed by atoms with Crippen molar-refractivity contribution in [3.63, 3.8) is 0 Å². The Kier molecular flexibility index (Phi) is 4.70. The van der Waals surface area contributed by atoms with E-state index in [2.05, 4.69) is 10.4 Å². The number of rotatable bonds is 3. The number of nitrogens with zero attached hydrogens (tertiary/aromatic N) is 3. The minimum atomic E-state index is -0.0483. The van der Waals surface area contributed by atoms with Gasteiger partial charge in [0.05, 0.1) is 10.6 Å². The number of thiophene rings is 1. The molecule has 27 heavy (non-hydrogen) atoms. The number of nitrogens with one attached hydrogen (secondary N) is 1. The third-order valence-corrected chi connectivity index (χ3v) is 6.25. The SMILES string of the molecule is Cc1nn(C)c2sc(C(=O)N3CCC(NC(=O)c4ccccc4)CC3)cc12. The highest BCUT2D eigenvalue weighted by Gasteiger charge is 2.26. The second kappa shape index (κ2) is 7.15. The van der Waals surface area contributed by atoms with Crippen LogP contribution in [0.15, 0.2) is 36.4 Å². The summed E-state index contributed by atoms with van der Waals surface area (Å²) in [5.74, 6) is 0.0243. The predicted molar refractivity (Wildman–Crippen MR) is 106 cm³/mol. The van der Waals surface area contributed by atoms with Crippen LogP contribution < -0.4 is 5.32 Å². The third kappa shape index (κ3) is 3.47. The van der Waals surface area contributed by atoms with Crippen LogP contribution in [0, 0.1) is 6.92 Å². The van der Waals surface area contributed by atoms with Crippen molar-refractivity contribution in [1.82, 2.24) is 20.0 Å². The number of hydrogen-bond donors (Lipinski definition) is 1. The topological polar surface area (TPSA) is 67.2 Å². The summed E-state index contributed by atoms with van der Waals surface area (Å²) in [7, 11) is 1.90. The van der Waals surface area contributed by atoms with Crippen molar-refractivity contribution in [3.8, 4) is 0 Å². The Morgan fingerprint density at radius 1 is 1.19 bits per heavy atom. The maximum absolute atomic E-state index is 12.9. The first kappa shape index (κ1) is 17.7. The molecule has 1 N–H and O–H groups in total. The number of benzene rings is 1.